The highest BCUT2D eigenvalue weighted by atomic mass is 16.7. The summed E-state index contributed by atoms with van der Waals surface area (Å²) in [5.74, 6) is -0.314. The summed E-state index contributed by atoms with van der Waals surface area (Å²) in [6.45, 7) is 4.65. The smallest absolute Gasteiger partial charge is 0.169 e. The average molecular weight is 202 g/mol. The lowest BCUT2D eigenvalue weighted by molar-refractivity contribution is -0.189. The molecule has 14 heavy (non-hydrogen) atoms. The fourth-order valence-electron chi connectivity index (χ4n) is 2.06. The Kier molecular flexibility index (Phi) is 4.85. The molecule has 1 N–H and O–H groups in total. The van der Waals surface area contributed by atoms with Crippen LogP contribution < -0.4 is 0 Å². The molecule has 1 spiro atoms. The number of hydrogen-bond donors (Lipinski definition) is 1. The molecule has 3 heteroatoms. The van der Waals surface area contributed by atoms with E-state index in [1.54, 1.807) is 0 Å². The lowest BCUT2D eigenvalue weighted by Gasteiger charge is -2.31. The van der Waals surface area contributed by atoms with E-state index < -0.39 is 0 Å². The summed E-state index contributed by atoms with van der Waals surface area (Å²) in [5, 5.41) is 8.88. The Morgan fingerprint density at radius 3 is 2.36 bits per heavy atom. The van der Waals surface area contributed by atoms with Crippen LogP contribution in [-0.4, -0.2) is 30.2 Å². The Bertz CT molecular complexity index is 153. The van der Waals surface area contributed by atoms with Crippen molar-refractivity contribution in [1.82, 2.24) is 0 Å². The van der Waals surface area contributed by atoms with Gasteiger partial charge < -0.3 is 14.6 Å². The second-order valence-corrected chi connectivity index (χ2v) is 3.70. The zero-order valence-corrected chi connectivity index (χ0v) is 9.29. The predicted octanol–water partition coefficient (Wildman–Crippen LogP) is 2.08. The van der Waals surface area contributed by atoms with Gasteiger partial charge in [-0.25, -0.2) is 0 Å². The van der Waals surface area contributed by atoms with Crippen molar-refractivity contribution in [3.8, 4) is 0 Å². The van der Waals surface area contributed by atoms with Gasteiger partial charge in [0, 0.05) is 12.8 Å². The van der Waals surface area contributed by atoms with Crippen molar-refractivity contribution in [2.45, 2.75) is 57.8 Å². The van der Waals surface area contributed by atoms with Gasteiger partial charge in [-0.05, 0) is 12.8 Å². The Morgan fingerprint density at radius 2 is 1.86 bits per heavy atom. The Morgan fingerprint density at radius 1 is 1.21 bits per heavy atom. The van der Waals surface area contributed by atoms with Crippen LogP contribution in [0.15, 0.2) is 0 Å². The van der Waals surface area contributed by atoms with Crippen molar-refractivity contribution < 1.29 is 14.6 Å². The number of aliphatic hydroxyl groups is 1. The minimum atomic E-state index is -0.314. The average Bonchev–Trinajstić information content (AvgIpc) is 2.66. The van der Waals surface area contributed by atoms with Gasteiger partial charge in [-0.15, -0.1) is 0 Å². The maximum Gasteiger partial charge on any atom is 0.169 e. The largest absolute Gasteiger partial charge is 0.394 e. The monoisotopic (exact) mass is 202 g/mol. The van der Waals surface area contributed by atoms with Gasteiger partial charge >= 0.3 is 0 Å². The summed E-state index contributed by atoms with van der Waals surface area (Å²) in [7, 11) is 0. The van der Waals surface area contributed by atoms with E-state index in [0.717, 1.165) is 12.8 Å². The van der Waals surface area contributed by atoms with Crippen molar-refractivity contribution in [3.05, 3.63) is 0 Å². The molecule has 2 rings (SSSR count). The van der Waals surface area contributed by atoms with Crippen LogP contribution in [0.4, 0.5) is 0 Å². The molecule has 1 unspecified atom stereocenters. The van der Waals surface area contributed by atoms with Crippen LogP contribution in [0.5, 0.6) is 0 Å². The first-order chi connectivity index (χ1) is 6.85. The van der Waals surface area contributed by atoms with Gasteiger partial charge in [0.1, 0.15) is 6.10 Å². The normalized spacial score (nSPS) is 29.8. The second-order valence-electron chi connectivity index (χ2n) is 3.70. The highest BCUT2D eigenvalue weighted by Crippen LogP contribution is 2.37. The minimum Gasteiger partial charge on any atom is -0.394 e. The molecule has 1 aliphatic heterocycles. The van der Waals surface area contributed by atoms with E-state index in [0.29, 0.717) is 6.61 Å². The molecule has 0 amide bonds. The van der Waals surface area contributed by atoms with Gasteiger partial charge in [0.2, 0.25) is 0 Å². The summed E-state index contributed by atoms with van der Waals surface area (Å²) >= 11 is 0. The van der Waals surface area contributed by atoms with Crippen molar-refractivity contribution in [3.63, 3.8) is 0 Å². The first kappa shape index (κ1) is 12.0. The molecule has 0 aromatic heterocycles. The molecule has 0 bridgehead atoms. The fraction of sp³-hybridized carbons (Fsp3) is 1.00. The van der Waals surface area contributed by atoms with E-state index in [-0.39, 0.29) is 18.5 Å². The molecule has 1 heterocycles. The third-order valence-electron chi connectivity index (χ3n) is 2.73. The number of aliphatic hydroxyl groups excluding tert-OH is 1. The van der Waals surface area contributed by atoms with Gasteiger partial charge in [0.25, 0.3) is 0 Å². The second kappa shape index (κ2) is 5.69. The van der Waals surface area contributed by atoms with Gasteiger partial charge in [-0.1, -0.05) is 20.3 Å². The van der Waals surface area contributed by atoms with Gasteiger partial charge in [0.05, 0.1) is 13.2 Å². The molecule has 2 fully saturated rings. The molecule has 0 radical (unpaired) electrons. The van der Waals surface area contributed by atoms with Gasteiger partial charge in [-0.2, -0.15) is 0 Å². The Labute approximate surface area is 86.4 Å². The highest BCUT2D eigenvalue weighted by molar-refractivity contribution is 4.81. The summed E-state index contributed by atoms with van der Waals surface area (Å²) in [5.41, 5.74) is 0. The zero-order valence-electron chi connectivity index (χ0n) is 9.29. The molecule has 1 saturated carbocycles. The molecule has 0 aromatic carbocycles. The van der Waals surface area contributed by atoms with Gasteiger partial charge in [-0.3, -0.25) is 0 Å². The molecule has 3 nitrogen and oxygen atoms in total. The lowest BCUT2D eigenvalue weighted by Crippen LogP contribution is -2.33. The van der Waals surface area contributed by atoms with Crippen molar-refractivity contribution in [2.24, 2.45) is 0 Å². The van der Waals surface area contributed by atoms with E-state index in [4.69, 9.17) is 14.6 Å². The molecule has 84 valence electrons. The molecule has 0 aromatic rings. The van der Waals surface area contributed by atoms with Crippen molar-refractivity contribution in [2.75, 3.05) is 13.2 Å². The van der Waals surface area contributed by atoms with Crippen LogP contribution in [0, 0.1) is 0 Å². The topological polar surface area (TPSA) is 38.7 Å². The zero-order chi connectivity index (χ0) is 10.4. The Hall–Kier alpha value is -0.120. The van der Waals surface area contributed by atoms with E-state index in [1.807, 2.05) is 13.8 Å². The van der Waals surface area contributed by atoms with E-state index in [9.17, 15) is 0 Å². The highest BCUT2D eigenvalue weighted by Gasteiger charge is 2.41. The molecule has 2 aliphatic rings. The van der Waals surface area contributed by atoms with Crippen LogP contribution in [0.1, 0.15) is 46.0 Å². The first-order valence-corrected chi connectivity index (χ1v) is 5.77. The SMILES string of the molecule is CC.OCC1COC2(CCCCC2)O1. The van der Waals surface area contributed by atoms with E-state index in [2.05, 4.69) is 0 Å². The van der Waals surface area contributed by atoms with Crippen LogP contribution in [0.3, 0.4) is 0 Å². The third-order valence-corrected chi connectivity index (χ3v) is 2.73. The number of hydrogen-bond acceptors (Lipinski definition) is 3. The Balaban J connectivity index is 0.000000461. The number of ether oxygens (including phenoxy) is 2. The summed E-state index contributed by atoms with van der Waals surface area (Å²) in [6.07, 6.45) is 5.60. The van der Waals surface area contributed by atoms with Crippen LogP contribution in [0.25, 0.3) is 0 Å². The molecule has 1 aliphatic carbocycles. The minimum absolute atomic E-state index is 0.0805. The van der Waals surface area contributed by atoms with Crippen LogP contribution in [0.2, 0.25) is 0 Å². The predicted molar refractivity (Wildman–Crippen MR) is 55.1 cm³/mol. The lowest BCUT2D eigenvalue weighted by atomic mass is 9.94. The van der Waals surface area contributed by atoms with E-state index >= 15 is 0 Å². The quantitative estimate of drug-likeness (QED) is 0.707. The van der Waals surface area contributed by atoms with Crippen molar-refractivity contribution >= 4 is 0 Å². The molecular weight excluding hydrogens is 180 g/mol. The first-order valence-electron chi connectivity index (χ1n) is 5.77. The molecule has 1 atom stereocenters. The van der Waals surface area contributed by atoms with Crippen molar-refractivity contribution in [1.29, 1.82) is 0 Å². The summed E-state index contributed by atoms with van der Waals surface area (Å²) in [4.78, 5) is 0. The maximum atomic E-state index is 8.88. The fourth-order valence-corrected chi connectivity index (χ4v) is 2.06. The maximum absolute atomic E-state index is 8.88. The van der Waals surface area contributed by atoms with Gasteiger partial charge in [0.15, 0.2) is 5.79 Å². The number of rotatable bonds is 1. The summed E-state index contributed by atoms with van der Waals surface area (Å²) in [6, 6.07) is 0. The summed E-state index contributed by atoms with van der Waals surface area (Å²) < 4.78 is 11.3. The molecular formula is C11H22O3. The van der Waals surface area contributed by atoms with Crippen LogP contribution in [-0.2, 0) is 9.47 Å². The van der Waals surface area contributed by atoms with Crippen LogP contribution >= 0.6 is 0 Å². The van der Waals surface area contributed by atoms with E-state index in [1.165, 1.54) is 19.3 Å². The third kappa shape index (κ3) is 2.69. The standard InChI is InChI=1S/C9H16O3.C2H6/c10-6-8-7-11-9(12-8)4-2-1-3-5-9;1-2/h8,10H,1-7H2;1-2H3. The molecule has 1 saturated heterocycles.